The molecule has 19 heavy (non-hydrogen) atoms. The van der Waals surface area contributed by atoms with E-state index in [0.29, 0.717) is 12.8 Å². The van der Waals surface area contributed by atoms with Gasteiger partial charge in [-0.2, -0.15) is 0 Å². The standard InChI is InChI=1S/C15H20N2O2/c1-2-13-12(5-7-17(13)6-1)16-9-11-3-4-14-15(8-11)19-10-18-14/h3-4,8,12-13,16H,1-2,5-7,9-10H2. The van der Waals surface area contributed by atoms with Gasteiger partial charge in [-0.25, -0.2) is 0 Å². The lowest BCUT2D eigenvalue weighted by atomic mass is 10.1. The van der Waals surface area contributed by atoms with Gasteiger partial charge in [0.05, 0.1) is 0 Å². The van der Waals surface area contributed by atoms with Crippen LogP contribution in [0.1, 0.15) is 24.8 Å². The van der Waals surface area contributed by atoms with Gasteiger partial charge in [-0.1, -0.05) is 6.07 Å². The van der Waals surface area contributed by atoms with Crippen molar-refractivity contribution in [3.8, 4) is 11.5 Å². The van der Waals surface area contributed by atoms with Gasteiger partial charge in [-0.3, -0.25) is 4.90 Å². The Morgan fingerprint density at radius 2 is 2.11 bits per heavy atom. The lowest BCUT2D eigenvalue weighted by Crippen LogP contribution is -2.38. The molecule has 0 saturated carbocycles. The molecule has 2 saturated heterocycles. The topological polar surface area (TPSA) is 33.7 Å². The van der Waals surface area contributed by atoms with Crippen LogP contribution >= 0.6 is 0 Å². The van der Waals surface area contributed by atoms with Crippen LogP contribution in [0.5, 0.6) is 11.5 Å². The van der Waals surface area contributed by atoms with E-state index in [9.17, 15) is 0 Å². The first-order valence-corrected chi connectivity index (χ1v) is 7.26. The molecule has 0 radical (unpaired) electrons. The first-order chi connectivity index (χ1) is 9.40. The molecule has 0 aromatic heterocycles. The Labute approximate surface area is 113 Å². The van der Waals surface area contributed by atoms with E-state index in [2.05, 4.69) is 22.3 Å². The summed E-state index contributed by atoms with van der Waals surface area (Å²) in [5, 5.41) is 3.72. The average Bonchev–Trinajstić information content (AvgIpc) is 3.12. The van der Waals surface area contributed by atoms with Crippen molar-refractivity contribution in [2.24, 2.45) is 0 Å². The van der Waals surface area contributed by atoms with Crippen LogP contribution in [0.4, 0.5) is 0 Å². The number of nitrogens with one attached hydrogen (secondary N) is 1. The van der Waals surface area contributed by atoms with Crippen LogP contribution < -0.4 is 14.8 Å². The third-order valence-electron chi connectivity index (χ3n) is 4.61. The second-order valence-corrected chi connectivity index (χ2v) is 5.71. The van der Waals surface area contributed by atoms with E-state index in [-0.39, 0.29) is 0 Å². The highest BCUT2D eigenvalue weighted by Gasteiger charge is 2.36. The van der Waals surface area contributed by atoms with Crippen molar-refractivity contribution < 1.29 is 9.47 Å². The molecule has 3 heterocycles. The van der Waals surface area contributed by atoms with Gasteiger partial charge in [0.2, 0.25) is 6.79 Å². The number of benzene rings is 1. The Bertz CT molecular complexity index is 477. The Morgan fingerprint density at radius 1 is 1.16 bits per heavy atom. The number of rotatable bonds is 3. The van der Waals surface area contributed by atoms with Crippen molar-refractivity contribution in [3.05, 3.63) is 23.8 Å². The van der Waals surface area contributed by atoms with E-state index < -0.39 is 0 Å². The lowest BCUT2D eigenvalue weighted by Gasteiger charge is -2.21. The molecule has 1 aromatic carbocycles. The van der Waals surface area contributed by atoms with Crippen molar-refractivity contribution in [1.82, 2.24) is 10.2 Å². The zero-order valence-corrected chi connectivity index (χ0v) is 11.1. The summed E-state index contributed by atoms with van der Waals surface area (Å²) in [5.41, 5.74) is 1.28. The molecule has 4 heteroatoms. The normalized spacial score (nSPS) is 28.8. The van der Waals surface area contributed by atoms with Crippen LogP contribution in [0.3, 0.4) is 0 Å². The second-order valence-electron chi connectivity index (χ2n) is 5.71. The molecular weight excluding hydrogens is 240 g/mol. The van der Waals surface area contributed by atoms with Gasteiger partial charge in [0, 0.05) is 25.2 Å². The molecule has 0 aliphatic carbocycles. The minimum atomic E-state index is 0.353. The van der Waals surface area contributed by atoms with E-state index in [1.165, 1.54) is 37.9 Å². The second kappa shape index (κ2) is 4.69. The minimum Gasteiger partial charge on any atom is -0.454 e. The maximum Gasteiger partial charge on any atom is 0.231 e. The van der Waals surface area contributed by atoms with Gasteiger partial charge in [0.15, 0.2) is 11.5 Å². The molecule has 3 aliphatic rings. The summed E-state index contributed by atoms with van der Waals surface area (Å²) in [5.74, 6) is 1.75. The van der Waals surface area contributed by atoms with Gasteiger partial charge < -0.3 is 14.8 Å². The van der Waals surface area contributed by atoms with Crippen LogP contribution in [-0.2, 0) is 6.54 Å². The van der Waals surface area contributed by atoms with Gasteiger partial charge in [0.25, 0.3) is 0 Å². The van der Waals surface area contributed by atoms with Crippen LogP contribution in [0.2, 0.25) is 0 Å². The van der Waals surface area contributed by atoms with Crippen LogP contribution in [0.25, 0.3) is 0 Å². The quantitative estimate of drug-likeness (QED) is 0.897. The van der Waals surface area contributed by atoms with Crippen LogP contribution in [0.15, 0.2) is 18.2 Å². The average molecular weight is 260 g/mol. The fourth-order valence-electron chi connectivity index (χ4n) is 3.62. The molecule has 0 bridgehead atoms. The Kier molecular flexibility index (Phi) is 2.85. The first-order valence-electron chi connectivity index (χ1n) is 7.26. The van der Waals surface area contributed by atoms with E-state index in [1.807, 2.05) is 6.07 Å². The van der Waals surface area contributed by atoms with Gasteiger partial charge in [0.1, 0.15) is 0 Å². The summed E-state index contributed by atoms with van der Waals surface area (Å²) >= 11 is 0. The largest absolute Gasteiger partial charge is 0.454 e. The number of hydrogen-bond donors (Lipinski definition) is 1. The molecule has 0 amide bonds. The predicted molar refractivity (Wildman–Crippen MR) is 72.4 cm³/mol. The first kappa shape index (κ1) is 11.6. The monoisotopic (exact) mass is 260 g/mol. The maximum absolute atomic E-state index is 5.42. The van der Waals surface area contributed by atoms with Crippen molar-refractivity contribution in [1.29, 1.82) is 0 Å². The Hall–Kier alpha value is -1.26. The summed E-state index contributed by atoms with van der Waals surface area (Å²) < 4.78 is 10.8. The smallest absolute Gasteiger partial charge is 0.231 e. The zero-order chi connectivity index (χ0) is 12.7. The zero-order valence-electron chi connectivity index (χ0n) is 11.1. The van der Waals surface area contributed by atoms with Gasteiger partial charge >= 0.3 is 0 Å². The van der Waals surface area contributed by atoms with Crippen molar-refractivity contribution in [3.63, 3.8) is 0 Å². The van der Waals surface area contributed by atoms with E-state index >= 15 is 0 Å². The summed E-state index contributed by atoms with van der Waals surface area (Å²) in [7, 11) is 0. The molecule has 2 unspecified atom stereocenters. The van der Waals surface area contributed by atoms with Crippen LogP contribution in [-0.4, -0.2) is 36.9 Å². The summed E-state index contributed by atoms with van der Waals surface area (Å²) in [6.45, 7) is 3.84. The fraction of sp³-hybridized carbons (Fsp3) is 0.600. The van der Waals surface area contributed by atoms with E-state index in [4.69, 9.17) is 9.47 Å². The third-order valence-corrected chi connectivity index (χ3v) is 4.61. The third kappa shape index (κ3) is 2.09. The molecule has 1 N–H and O–H groups in total. The highest BCUT2D eigenvalue weighted by atomic mass is 16.7. The van der Waals surface area contributed by atoms with E-state index in [0.717, 1.165) is 24.1 Å². The molecule has 1 aromatic rings. The molecule has 4 rings (SSSR count). The molecule has 4 nitrogen and oxygen atoms in total. The van der Waals surface area contributed by atoms with Gasteiger partial charge in [-0.05, 0) is 43.5 Å². The molecule has 102 valence electrons. The SMILES string of the molecule is c1cc2c(cc1CNC1CCN3CCCC13)OCO2. The minimum absolute atomic E-state index is 0.353. The molecular formula is C15H20N2O2. The summed E-state index contributed by atoms with van der Waals surface area (Å²) in [6, 6.07) is 7.66. The van der Waals surface area contributed by atoms with Crippen molar-refractivity contribution in [2.45, 2.75) is 37.9 Å². The highest BCUT2D eigenvalue weighted by Crippen LogP contribution is 2.33. The number of hydrogen-bond acceptors (Lipinski definition) is 4. The molecule has 2 atom stereocenters. The Morgan fingerprint density at radius 3 is 3.11 bits per heavy atom. The Balaban J connectivity index is 1.39. The summed E-state index contributed by atoms with van der Waals surface area (Å²) in [6.07, 6.45) is 4.01. The fourth-order valence-corrected chi connectivity index (χ4v) is 3.62. The molecule has 2 fully saturated rings. The van der Waals surface area contributed by atoms with E-state index in [1.54, 1.807) is 0 Å². The molecule has 0 spiro atoms. The van der Waals surface area contributed by atoms with Crippen molar-refractivity contribution in [2.75, 3.05) is 19.9 Å². The molecule has 3 aliphatic heterocycles. The van der Waals surface area contributed by atoms with Gasteiger partial charge in [-0.15, -0.1) is 0 Å². The summed E-state index contributed by atoms with van der Waals surface area (Å²) in [4.78, 5) is 2.64. The predicted octanol–water partition coefficient (Wildman–Crippen LogP) is 1.74. The number of ether oxygens (including phenoxy) is 2. The number of nitrogens with zero attached hydrogens (tertiary/aromatic N) is 1. The van der Waals surface area contributed by atoms with Crippen LogP contribution in [0, 0.1) is 0 Å². The number of fused-ring (bicyclic) bond motifs is 2. The lowest BCUT2D eigenvalue weighted by molar-refractivity contribution is 0.174. The maximum atomic E-state index is 5.42. The highest BCUT2D eigenvalue weighted by molar-refractivity contribution is 5.44. The van der Waals surface area contributed by atoms with Crippen molar-refractivity contribution >= 4 is 0 Å².